The summed E-state index contributed by atoms with van der Waals surface area (Å²) in [6.07, 6.45) is 1.54. The number of carbonyl (C=O) groups excluding carboxylic acids is 1. The first-order valence-corrected chi connectivity index (χ1v) is 9.18. The summed E-state index contributed by atoms with van der Waals surface area (Å²) < 4.78 is 28.9. The molecule has 0 aliphatic heterocycles. The molecule has 0 bridgehead atoms. The predicted octanol–water partition coefficient (Wildman–Crippen LogP) is 4.06. The Morgan fingerprint density at radius 1 is 1.04 bits per heavy atom. The molecule has 2 N–H and O–H groups in total. The van der Waals surface area contributed by atoms with Crippen LogP contribution in [0.1, 0.15) is 31.4 Å². The zero-order valence-corrected chi connectivity index (χ0v) is 16.5. The monoisotopic (exact) mass is 390 g/mol. The van der Waals surface area contributed by atoms with Gasteiger partial charge in [-0.2, -0.15) is 0 Å². The topological polar surface area (TPSA) is 68.8 Å². The fourth-order valence-electron chi connectivity index (χ4n) is 2.65. The number of rotatable bonds is 10. The largest absolute Gasteiger partial charge is 0.497 e. The zero-order chi connectivity index (χ0) is 20.4. The van der Waals surface area contributed by atoms with Crippen LogP contribution in [0.5, 0.6) is 17.2 Å². The molecule has 2 rings (SSSR count). The van der Waals surface area contributed by atoms with Gasteiger partial charge in [0.2, 0.25) is 0 Å². The molecule has 0 aliphatic rings. The van der Waals surface area contributed by atoms with Crippen molar-refractivity contribution >= 4 is 6.03 Å². The van der Waals surface area contributed by atoms with Gasteiger partial charge in [0.05, 0.1) is 26.9 Å². The zero-order valence-electron chi connectivity index (χ0n) is 16.5. The second-order valence-corrected chi connectivity index (χ2v) is 6.24. The molecule has 6 nitrogen and oxygen atoms in total. The molecule has 0 heterocycles. The van der Waals surface area contributed by atoms with Gasteiger partial charge in [0.1, 0.15) is 23.1 Å². The van der Waals surface area contributed by atoms with Crippen molar-refractivity contribution in [1.29, 1.82) is 0 Å². The molecule has 0 fully saturated rings. The molecule has 2 aromatic rings. The Bertz CT molecular complexity index is 753. The van der Waals surface area contributed by atoms with Gasteiger partial charge in [-0.05, 0) is 62.2 Å². The average Bonchev–Trinajstić information content (AvgIpc) is 2.71. The number of halogens is 1. The van der Waals surface area contributed by atoms with Crippen molar-refractivity contribution in [3.05, 3.63) is 53.8 Å². The van der Waals surface area contributed by atoms with E-state index in [2.05, 4.69) is 10.6 Å². The van der Waals surface area contributed by atoms with Crippen molar-refractivity contribution in [2.24, 2.45) is 0 Å². The maximum atomic E-state index is 12.8. The lowest BCUT2D eigenvalue weighted by Gasteiger charge is -2.18. The van der Waals surface area contributed by atoms with Crippen molar-refractivity contribution in [3.8, 4) is 17.2 Å². The van der Waals surface area contributed by atoms with Crippen LogP contribution >= 0.6 is 0 Å². The predicted molar refractivity (Wildman–Crippen MR) is 106 cm³/mol. The lowest BCUT2D eigenvalue weighted by atomic mass is 10.1. The number of methoxy groups -OCH3 is 2. The Hall–Kier alpha value is -2.96. The standard InChI is InChI=1S/C21H27FN2O4/c1-15(19-14-18(26-2)10-11-20(19)27-3)24-21(25)23-12-4-5-13-28-17-8-6-16(22)7-9-17/h6-11,14-15H,4-5,12-13H2,1-3H3,(H2,23,24,25). The summed E-state index contributed by atoms with van der Waals surface area (Å²) in [5, 5.41) is 5.72. The van der Waals surface area contributed by atoms with Crippen LogP contribution in [-0.4, -0.2) is 33.4 Å². The van der Waals surface area contributed by atoms with Crippen molar-refractivity contribution in [2.75, 3.05) is 27.4 Å². The van der Waals surface area contributed by atoms with Gasteiger partial charge in [-0.3, -0.25) is 0 Å². The van der Waals surface area contributed by atoms with Crippen molar-refractivity contribution < 1.29 is 23.4 Å². The first kappa shape index (κ1) is 21.3. The van der Waals surface area contributed by atoms with E-state index in [0.717, 1.165) is 18.4 Å². The van der Waals surface area contributed by atoms with E-state index in [9.17, 15) is 9.18 Å². The molecule has 1 unspecified atom stereocenters. The lowest BCUT2D eigenvalue weighted by molar-refractivity contribution is 0.236. The molecular weight excluding hydrogens is 363 g/mol. The van der Waals surface area contributed by atoms with Crippen LogP contribution in [0.15, 0.2) is 42.5 Å². The van der Waals surface area contributed by atoms with Gasteiger partial charge < -0.3 is 24.8 Å². The van der Waals surface area contributed by atoms with E-state index in [0.29, 0.717) is 30.4 Å². The van der Waals surface area contributed by atoms with Crippen LogP contribution in [0, 0.1) is 5.82 Å². The van der Waals surface area contributed by atoms with Crippen molar-refractivity contribution in [1.82, 2.24) is 10.6 Å². The molecule has 7 heteroatoms. The molecule has 28 heavy (non-hydrogen) atoms. The molecule has 1 atom stereocenters. The number of hydrogen-bond acceptors (Lipinski definition) is 4. The highest BCUT2D eigenvalue weighted by atomic mass is 19.1. The summed E-state index contributed by atoms with van der Waals surface area (Å²) in [5.74, 6) is 1.73. The van der Waals surface area contributed by atoms with Crippen LogP contribution < -0.4 is 24.8 Å². The highest BCUT2D eigenvalue weighted by molar-refractivity contribution is 5.74. The first-order valence-electron chi connectivity index (χ1n) is 9.18. The molecule has 2 amide bonds. The van der Waals surface area contributed by atoms with Gasteiger partial charge in [0.25, 0.3) is 0 Å². The minimum atomic E-state index is -0.289. The summed E-state index contributed by atoms with van der Waals surface area (Å²) in [6.45, 7) is 2.92. The summed E-state index contributed by atoms with van der Waals surface area (Å²) in [7, 11) is 3.18. The number of benzene rings is 2. The molecule has 0 aromatic heterocycles. The molecule has 152 valence electrons. The Morgan fingerprint density at radius 2 is 1.75 bits per heavy atom. The van der Waals surface area contributed by atoms with Crippen LogP contribution in [0.4, 0.5) is 9.18 Å². The van der Waals surface area contributed by atoms with Crippen LogP contribution in [-0.2, 0) is 0 Å². The number of unbranched alkanes of at least 4 members (excludes halogenated alkanes) is 1. The quantitative estimate of drug-likeness (QED) is 0.600. The minimum absolute atomic E-state index is 0.244. The van der Waals surface area contributed by atoms with Gasteiger partial charge in [-0.15, -0.1) is 0 Å². The molecule has 2 aromatic carbocycles. The van der Waals surface area contributed by atoms with Crippen LogP contribution in [0.3, 0.4) is 0 Å². The molecule has 0 saturated carbocycles. The number of hydrogen-bond donors (Lipinski definition) is 2. The van der Waals surface area contributed by atoms with Crippen molar-refractivity contribution in [3.63, 3.8) is 0 Å². The molecule has 0 spiro atoms. The fraction of sp³-hybridized carbons (Fsp3) is 0.381. The summed E-state index contributed by atoms with van der Waals surface area (Å²) in [5.41, 5.74) is 0.838. The number of carbonyl (C=O) groups is 1. The average molecular weight is 390 g/mol. The number of ether oxygens (including phenoxy) is 3. The number of urea groups is 1. The Morgan fingerprint density at radius 3 is 2.43 bits per heavy atom. The first-order chi connectivity index (χ1) is 13.5. The van der Waals surface area contributed by atoms with Crippen molar-refractivity contribution in [2.45, 2.75) is 25.8 Å². The van der Waals surface area contributed by atoms with E-state index in [-0.39, 0.29) is 17.9 Å². The third-order valence-electron chi connectivity index (χ3n) is 4.19. The van der Waals surface area contributed by atoms with E-state index in [1.54, 1.807) is 26.4 Å². The van der Waals surface area contributed by atoms with Crippen LogP contribution in [0.2, 0.25) is 0 Å². The van der Waals surface area contributed by atoms with Gasteiger partial charge in [-0.25, -0.2) is 9.18 Å². The molecule has 0 radical (unpaired) electrons. The third-order valence-corrected chi connectivity index (χ3v) is 4.19. The molecular formula is C21H27FN2O4. The molecule has 0 saturated heterocycles. The Labute approximate surface area is 165 Å². The lowest BCUT2D eigenvalue weighted by Crippen LogP contribution is -2.37. The third kappa shape index (κ3) is 6.64. The summed E-state index contributed by atoms with van der Waals surface area (Å²) in [6, 6.07) is 10.9. The maximum absolute atomic E-state index is 12.8. The van der Waals surface area contributed by atoms with E-state index in [1.165, 1.54) is 12.1 Å². The Kier molecular flexibility index (Phi) is 8.39. The normalized spacial score (nSPS) is 11.4. The minimum Gasteiger partial charge on any atom is -0.497 e. The summed E-state index contributed by atoms with van der Waals surface area (Å²) >= 11 is 0. The number of nitrogens with one attached hydrogen (secondary N) is 2. The van der Waals surface area contributed by atoms with Gasteiger partial charge >= 0.3 is 6.03 Å². The summed E-state index contributed by atoms with van der Waals surface area (Å²) in [4.78, 5) is 12.1. The van der Waals surface area contributed by atoms with E-state index in [4.69, 9.17) is 14.2 Å². The number of amides is 2. The van der Waals surface area contributed by atoms with Crippen LogP contribution in [0.25, 0.3) is 0 Å². The van der Waals surface area contributed by atoms with Gasteiger partial charge in [-0.1, -0.05) is 0 Å². The van der Waals surface area contributed by atoms with E-state index < -0.39 is 0 Å². The second-order valence-electron chi connectivity index (χ2n) is 6.24. The highest BCUT2D eigenvalue weighted by Gasteiger charge is 2.15. The van der Waals surface area contributed by atoms with E-state index in [1.807, 2.05) is 25.1 Å². The smallest absolute Gasteiger partial charge is 0.315 e. The van der Waals surface area contributed by atoms with Gasteiger partial charge in [0.15, 0.2) is 0 Å². The maximum Gasteiger partial charge on any atom is 0.315 e. The Balaban J connectivity index is 1.68. The highest BCUT2D eigenvalue weighted by Crippen LogP contribution is 2.29. The fourth-order valence-corrected chi connectivity index (χ4v) is 2.65. The van der Waals surface area contributed by atoms with E-state index >= 15 is 0 Å². The second kappa shape index (κ2) is 11.0. The SMILES string of the molecule is COc1ccc(OC)c(C(C)NC(=O)NCCCCOc2ccc(F)cc2)c1. The molecule has 0 aliphatic carbocycles. The van der Waals surface area contributed by atoms with Gasteiger partial charge in [0, 0.05) is 12.1 Å².